The van der Waals surface area contributed by atoms with E-state index in [2.05, 4.69) is 98.8 Å². The van der Waals surface area contributed by atoms with E-state index in [0.717, 1.165) is 33.0 Å². The number of fused-ring (bicyclic) bond motifs is 5. The molecule has 4 heteroatoms. The first-order chi connectivity index (χ1) is 21.0. The van der Waals surface area contributed by atoms with Crippen LogP contribution in [0.25, 0.3) is 32.7 Å². The van der Waals surface area contributed by atoms with Gasteiger partial charge in [0.05, 0.1) is 18.6 Å². The van der Waals surface area contributed by atoms with Crippen LogP contribution in [0.4, 0.5) is 0 Å². The van der Waals surface area contributed by atoms with Crippen molar-refractivity contribution in [3.05, 3.63) is 143 Å². The second-order valence-electron chi connectivity index (χ2n) is 11.4. The summed E-state index contributed by atoms with van der Waals surface area (Å²) in [4.78, 5) is 0. The molecule has 214 valence electrons. The third kappa shape index (κ3) is 4.55. The summed E-state index contributed by atoms with van der Waals surface area (Å²) in [5.41, 5.74) is 9.46. The maximum Gasteiger partial charge on any atom is 0.120 e. The molecule has 6 aromatic carbocycles. The predicted octanol–water partition coefficient (Wildman–Crippen LogP) is 7.72. The summed E-state index contributed by atoms with van der Waals surface area (Å²) in [5.74, 6) is 1.51. The number of aryl methyl sites for hydroxylation is 2. The largest absolute Gasteiger partial charge is 0.491 e. The summed E-state index contributed by atoms with van der Waals surface area (Å²) in [5, 5.41) is 22.9. The normalized spacial score (nSPS) is 13.2. The first-order valence-corrected chi connectivity index (χ1v) is 14.8. The van der Waals surface area contributed by atoms with Gasteiger partial charge in [-0.05, 0) is 105 Å². The molecular weight excluding hydrogens is 532 g/mol. The van der Waals surface area contributed by atoms with Crippen molar-refractivity contribution in [1.82, 2.24) is 0 Å². The summed E-state index contributed by atoms with van der Waals surface area (Å²) in [6.07, 6.45) is 0. The third-order valence-electron chi connectivity index (χ3n) is 8.66. The number of aliphatic hydroxyl groups is 2. The van der Waals surface area contributed by atoms with Gasteiger partial charge in [0, 0.05) is 0 Å². The van der Waals surface area contributed by atoms with E-state index in [9.17, 15) is 10.2 Å². The quantitative estimate of drug-likeness (QED) is 0.198. The molecule has 2 N–H and O–H groups in total. The van der Waals surface area contributed by atoms with E-state index < -0.39 is 5.41 Å². The molecule has 1 aliphatic carbocycles. The zero-order valence-electron chi connectivity index (χ0n) is 24.4. The van der Waals surface area contributed by atoms with Gasteiger partial charge in [-0.3, -0.25) is 0 Å². The average Bonchev–Trinajstić information content (AvgIpc) is 3.31. The molecule has 0 spiro atoms. The third-order valence-corrected chi connectivity index (χ3v) is 8.66. The minimum absolute atomic E-state index is 0.0140. The Kier molecular flexibility index (Phi) is 6.89. The van der Waals surface area contributed by atoms with Gasteiger partial charge >= 0.3 is 0 Å². The Hall–Kier alpha value is -4.64. The highest BCUT2D eigenvalue weighted by atomic mass is 16.5. The second-order valence-corrected chi connectivity index (χ2v) is 11.4. The lowest BCUT2D eigenvalue weighted by molar-refractivity contribution is 0.201. The van der Waals surface area contributed by atoms with Gasteiger partial charge in [-0.25, -0.2) is 0 Å². The van der Waals surface area contributed by atoms with Crippen molar-refractivity contribution in [2.75, 3.05) is 26.4 Å². The summed E-state index contributed by atoms with van der Waals surface area (Å²) in [6, 6.07) is 39.5. The molecule has 0 unspecified atom stereocenters. The average molecular weight is 567 g/mol. The van der Waals surface area contributed by atoms with Crippen molar-refractivity contribution in [2.45, 2.75) is 19.3 Å². The molecule has 0 heterocycles. The van der Waals surface area contributed by atoms with Gasteiger partial charge in [0.25, 0.3) is 0 Å². The molecule has 4 nitrogen and oxygen atoms in total. The van der Waals surface area contributed by atoms with Crippen molar-refractivity contribution in [3.63, 3.8) is 0 Å². The molecule has 0 amide bonds. The number of hydrogen-bond acceptors (Lipinski definition) is 4. The number of ether oxygens (including phenoxy) is 2. The Morgan fingerprint density at radius 1 is 0.488 bits per heavy atom. The van der Waals surface area contributed by atoms with Crippen LogP contribution in [0.1, 0.15) is 33.4 Å². The zero-order chi connectivity index (χ0) is 29.6. The van der Waals surface area contributed by atoms with Gasteiger partial charge in [-0.15, -0.1) is 0 Å². The van der Waals surface area contributed by atoms with E-state index in [0.29, 0.717) is 0 Å². The van der Waals surface area contributed by atoms with Crippen molar-refractivity contribution in [1.29, 1.82) is 0 Å². The molecule has 6 aromatic rings. The highest BCUT2D eigenvalue weighted by Crippen LogP contribution is 2.57. The number of benzene rings is 6. The number of rotatable bonds is 8. The summed E-state index contributed by atoms with van der Waals surface area (Å²) >= 11 is 0. The Morgan fingerprint density at radius 3 is 1.35 bits per heavy atom. The van der Waals surface area contributed by atoms with Crippen LogP contribution in [-0.2, 0) is 5.41 Å². The van der Waals surface area contributed by atoms with Gasteiger partial charge in [-0.2, -0.15) is 0 Å². The highest BCUT2D eigenvalue weighted by molar-refractivity contribution is 5.92. The minimum atomic E-state index is -0.525. The fourth-order valence-electron chi connectivity index (χ4n) is 6.76. The molecule has 0 aliphatic heterocycles. The maximum absolute atomic E-state index is 9.21. The SMILES string of the molecule is Cc1ccc2c(c1)C(c1ccc3cc(OCCO)ccc3c1)(c1ccc3cc(OCCO)ccc3c1)c1cc(C)ccc1-2. The molecule has 0 fully saturated rings. The minimum Gasteiger partial charge on any atom is -0.491 e. The molecule has 0 saturated carbocycles. The lowest BCUT2D eigenvalue weighted by atomic mass is 9.67. The summed E-state index contributed by atoms with van der Waals surface area (Å²) in [7, 11) is 0. The first kappa shape index (κ1) is 27.2. The van der Waals surface area contributed by atoms with Crippen LogP contribution >= 0.6 is 0 Å². The van der Waals surface area contributed by atoms with Crippen LogP contribution in [0.2, 0.25) is 0 Å². The molecule has 7 rings (SSSR count). The van der Waals surface area contributed by atoms with Gasteiger partial charge < -0.3 is 19.7 Å². The molecular formula is C39H34O4. The van der Waals surface area contributed by atoms with Crippen LogP contribution in [0, 0.1) is 13.8 Å². The van der Waals surface area contributed by atoms with E-state index in [1.165, 1.54) is 44.5 Å². The molecule has 1 aliphatic rings. The van der Waals surface area contributed by atoms with E-state index in [1.807, 2.05) is 24.3 Å². The van der Waals surface area contributed by atoms with Gasteiger partial charge in [0.15, 0.2) is 0 Å². The molecule has 43 heavy (non-hydrogen) atoms. The molecule has 0 radical (unpaired) electrons. The topological polar surface area (TPSA) is 58.9 Å². The van der Waals surface area contributed by atoms with E-state index in [4.69, 9.17) is 9.47 Å². The predicted molar refractivity (Wildman–Crippen MR) is 173 cm³/mol. The van der Waals surface area contributed by atoms with Crippen LogP contribution in [0.3, 0.4) is 0 Å². The second kappa shape index (κ2) is 10.9. The van der Waals surface area contributed by atoms with Gasteiger partial charge in [0.1, 0.15) is 24.7 Å². The van der Waals surface area contributed by atoms with Crippen molar-refractivity contribution >= 4 is 21.5 Å². The van der Waals surface area contributed by atoms with Crippen LogP contribution in [0.15, 0.2) is 109 Å². The number of aliphatic hydroxyl groups excluding tert-OH is 2. The van der Waals surface area contributed by atoms with Crippen molar-refractivity contribution in [3.8, 4) is 22.6 Å². The summed E-state index contributed by atoms with van der Waals surface area (Å²) in [6.45, 7) is 4.86. The Labute approximate surface area is 251 Å². The van der Waals surface area contributed by atoms with Crippen molar-refractivity contribution in [2.24, 2.45) is 0 Å². The fraction of sp³-hybridized carbons (Fsp3) is 0.179. The molecule has 0 saturated heterocycles. The lowest BCUT2D eigenvalue weighted by Crippen LogP contribution is -2.28. The monoisotopic (exact) mass is 566 g/mol. The Morgan fingerprint density at radius 2 is 0.907 bits per heavy atom. The van der Waals surface area contributed by atoms with E-state index in [1.54, 1.807) is 0 Å². The molecule has 0 aromatic heterocycles. The van der Waals surface area contributed by atoms with E-state index in [-0.39, 0.29) is 26.4 Å². The fourth-order valence-corrected chi connectivity index (χ4v) is 6.76. The Bertz CT molecular complexity index is 1850. The zero-order valence-corrected chi connectivity index (χ0v) is 24.4. The van der Waals surface area contributed by atoms with Crippen LogP contribution in [0.5, 0.6) is 11.5 Å². The van der Waals surface area contributed by atoms with Gasteiger partial charge in [-0.1, -0.05) is 83.9 Å². The first-order valence-electron chi connectivity index (χ1n) is 14.8. The summed E-state index contributed by atoms with van der Waals surface area (Å²) < 4.78 is 11.4. The standard InChI is InChI=1S/C39H34O4/c1-25-3-13-35-36-14-4-26(2)20-38(36)39(37(35)19-25,31-9-5-29-23-33(42-17-15-40)11-7-27(29)21-31)32-10-6-30-24-34(43-18-16-41)12-8-28(30)22-32/h3-14,19-24,40-41H,15-18H2,1-2H3. The van der Waals surface area contributed by atoms with Crippen molar-refractivity contribution < 1.29 is 19.7 Å². The molecule has 0 bridgehead atoms. The van der Waals surface area contributed by atoms with E-state index >= 15 is 0 Å². The molecule has 0 atom stereocenters. The van der Waals surface area contributed by atoms with Gasteiger partial charge in [0.2, 0.25) is 0 Å². The lowest BCUT2D eigenvalue weighted by Gasteiger charge is -2.34. The van der Waals surface area contributed by atoms with Crippen LogP contribution < -0.4 is 9.47 Å². The number of hydrogen-bond donors (Lipinski definition) is 2. The highest BCUT2D eigenvalue weighted by Gasteiger charge is 2.46. The van der Waals surface area contributed by atoms with Crippen LogP contribution in [-0.4, -0.2) is 36.6 Å². The maximum atomic E-state index is 9.21. The smallest absolute Gasteiger partial charge is 0.120 e. The Balaban J connectivity index is 1.50.